The number of rotatable bonds is 20. The number of nitrogens with zero attached hydrogens (tertiary/aromatic N) is 4. The molecule has 2 aromatic heterocycles. The number of carboxylic acid groups (broad SMARTS) is 4. The van der Waals surface area contributed by atoms with Crippen LogP contribution in [0.5, 0.6) is 0 Å². The average molecular weight is 985 g/mol. The Bertz CT molecular complexity index is 2490. The number of nitrogens with one attached hydrogen (secondary N) is 8. The number of H-pyrrole nitrogens is 2. The number of nitrogen functional groups attached to an aromatic ring is 2. The Balaban J connectivity index is 0.000000296. The molecule has 2 aliphatic rings. The third kappa shape index (κ3) is 14.5. The second-order valence-corrected chi connectivity index (χ2v) is 14.9. The van der Waals surface area contributed by atoms with Crippen LogP contribution < -0.4 is 74.5 Å². The zero-order valence-electron chi connectivity index (χ0n) is 36.2. The molecule has 0 saturated carbocycles. The Morgan fingerprint density at radius 2 is 1.10 bits per heavy atom. The summed E-state index contributed by atoms with van der Waals surface area (Å²) in [6.45, 7) is 1.15. The summed E-state index contributed by atoms with van der Waals surface area (Å²) < 4.78 is 0. The quantitative estimate of drug-likeness (QED) is 0.0293. The van der Waals surface area contributed by atoms with Gasteiger partial charge in [0.1, 0.15) is 17.7 Å². The van der Waals surface area contributed by atoms with Crippen LogP contribution in [0.15, 0.2) is 58.1 Å². The van der Waals surface area contributed by atoms with Crippen LogP contribution in [0.1, 0.15) is 46.4 Å². The van der Waals surface area contributed by atoms with Crippen molar-refractivity contribution in [3.05, 3.63) is 80.4 Å². The van der Waals surface area contributed by atoms with Crippen molar-refractivity contribution in [1.29, 1.82) is 0 Å². The van der Waals surface area contributed by atoms with E-state index in [0.29, 0.717) is 48.9 Å². The maximum absolute atomic E-state index is 12.3. The summed E-state index contributed by atoms with van der Waals surface area (Å²) in [4.78, 5) is 131. The second kappa shape index (κ2) is 24.7. The minimum absolute atomic E-state index is 0. The maximum Gasteiger partial charge on any atom is 2.00 e. The number of carbonyl (C=O) groups excluding carboxylic acids is 6. The van der Waals surface area contributed by atoms with Crippen LogP contribution in [-0.4, -0.2) is 167 Å². The molecule has 4 atom stereocenters. The molecular formula is C40H44CaN14O14. The van der Waals surface area contributed by atoms with Gasteiger partial charge in [-0.2, -0.15) is 9.97 Å². The summed E-state index contributed by atoms with van der Waals surface area (Å²) in [6.07, 6.45) is -0.487. The molecule has 28 nitrogen and oxygen atoms in total. The fourth-order valence-corrected chi connectivity index (χ4v) is 6.79. The standard InChI is InChI=1S/2C20H23N7O7.Ca/c2*21-20-25-16-15(18(32)26-20)27(9-28)12(8-23-16)7-22-11-3-1-10(2-4-11)17(31)24-13(19(33)34)5-6-14(29)30;/h2*1-4,9,12-13,22H,5-8H2,(H,24,31)(H,29,30)(H,33,34)(H4,21,23,25,26,32);/q;;+2/p-2/t2*12?,13-;/m00./s1. The van der Waals surface area contributed by atoms with Crippen LogP contribution in [0.2, 0.25) is 0 Å². The summed E-state index contributed by atoms with van der Waals surface area (Å²) in [5.74, 6) is -6.45. The summed E-state index contributed by atoms with van der Waals surface area (Å²) in [5, 5.41) is 56.3. The minimum atomic E-state index is -1.60. The van der Waals surface area contributed by atoms with Gasteiger partial charge in [-0.25, -0.2) is 4.79 Å². The number of benzene rings is 2. The number of aromatic nitrogens is 4. The van der Waals surface area contributed by atoms with E-state index < -0.39 is 83.8 Å². The molecule has 2 unspecified atom stereocenters. The van der Waals surface area contributed by atoms with Gasteiger partial charge in [0.05, 0.1) is 24.1 Å². The summed E-state index contributed by atoms with van der Waals surface area (Å²) in [7, 11) is 0. The Morgan fingerprint density at radius 1 is 0.696 bits per heavy atom. The number of carboxylic acids is 4. The third-order valence-corrected chi connectivity index (χ3v) is 10.2. The SMILES string of the molecule is Nc1nc(=O)c2c([nH]1)NCC(CNc1ccc(C(=O)N[C@@H](CCC(=O)O)C(=O)O)cc1)N2C=O.Nc1nc(=O)c2c([nH]1)NCC(CNc1ccc(C(=O)N[C@@H](CCC(=O)[O-])C(=O)[O-])cc1)N2C=O.[Ca+2]. The van der Waals surface area contributed by atoms with Crippen LogP contribution in [0.3, 0.4) is 0 Å². The second-order valence-electron chi connectivity index (χ2n) is 14.9. The van der Waals surface area contributed by atoms with Gasteiger partial charge in [-0.1, -0.05) is 0 Å². The van der Waals surface area contributed by atoms with Gasteiger partial charge in [-0.15, -0.1) is 0 Å². The van der Waals surface area contributed by atoms with E-state index in [0.717, 1.165) is 0 Å². The molecule has 0 fully saturated rings. The summed E-state index contributed by atoms with van der Waals surface area (Å²) in [5.41, 5.74) is 11.4. The summed E-state index contributed by atoms with van der Waals surface area (Å²) >= 11 is 0. The zero-order chi connectivity index (χ0) is 49.7. The fourth-order valence-electron chi connectivity index (χ4n) is 6.79. The molecule has 4 heterocycles. The van der Waals surface area contributed by atoms with Crippen molar-refractivity contribution in [2.24, 2.45) is 0 Å². The van der Waals surface area contributed by atoms with E-state index in [1.54, 1.807) is 24.3 Å². The van der Waals surface area contributed by atoms with Gasteiger partial charge >= 0.3 is 60.8 Å². The molecule has 0 spiro atoms. The number of aromatic amines is 2. The van der Waals surface area contributed by atoms with Crippen molar-refractivity contribution in [2.45, 2.75) is 49.9 Å². The van der Waals surface area contributed by atoms with Crippen LogP contribution in [0.25, 0.3) is 0 Å². The van der Waals surface area contributed by atoms with Crippen molar-refractivity contribution in [3.63, 3.8) is 0 Å². The molecule has 0 saturated heterocycles. The van der Waals surface area contributed by atoms with E-state index in [1.807, 2.05) is 0 Å². The molecule has 0 bridgehead atoms. The molecule has 69 heavy (non-hydrogen) atoms. The van der Waals surface area contributed by atoms with Gasteiger partial charge in [0, 0.05) is 61.1 Å². The van der Waals surface area contributed by atoms with E-state index in [2.05, 4.69) is 51.8 Å². The number of anilines is 8. The van der Waals surface area contributed by atoms with Crippen molar-refractivity contribution in [3.8, 4) is 0 Å². The van der Waals surface area contributed by atoms with Gasteiger partial charge in [0.2, 0.25) is 24.7 Å². The Labute approximate surface area is 418 Å². The van der Waals surface area contributed by atoms with Crippen molar-refractivity contribution >= 4 is 133 Å². The molecule has 0 radical (unpaired) electrons. The number of carbonyl (C=O) groups is 8. The van der Waals surface area contributed by atoms with Crippen molar-refractivity contribution < 1.29 is 58.8 Å². The molecule has 0 aliphatic carbocycles. The number of nitrogens with two attached hydrogens (primary N) is 2. The van der Waals surface area contributed by atoms with Crippen molar-refractivity contribution in [1.82, 2.24) is 30.6 Å². The maximum atomic E-state index is 12.3. The molecule has 2 aromatic carbocycles. The predicted molar refractivity (Wildman–Crippen MR) is 242 cm³/mol. The smallest absolute Gasteiger partial charge is 0.550 e. The van der Waals surface area contributed by atoms with Gasteiger partial charge in [-0.3, -0.25) is 33.6 Å². The molecular weight excluding hydrogens is 941 g/mol. The number of aliphatic carboxylic acids is 4. The normalized spacial score (nSPS) is 15.2. The van der Waals surface area contributed by atoms with Gasteiger partial charge in [-0.05, 0) is 67.8 Å². The summed E-state index contributed by atoms with van der Waals surface area (Å²) in [6, 6.07) is 8.45. The first-order valence-corrected chi connectivity index (χ1v) is 20.3. The Morgan fingerprint density at radius 3 is 1.46 bits per heavy atom. The monoisotopic (exact) mass is 984 g/mol. The predicted octanol–water partition coefficient (Wildman–Crippen LogP) is -4.51. The first-order valence-electron chi connectivity index (χ1n) is 20.3. The number of hydrogen-bond acceptors (Lipinski definition) is 20. The van der Waals surface area contributed by atoms with E-state index >= 15 is 0 Å². The topological polar surface area (TPSA) is 445 Å². The Kier molecular flexibility index (Phi) is 19.2. The van der Waals surface area contributed by atoms with Gasteiger partial charge in [0.25, 0.3) is 11.8 Å². The zero-order valence-corrected chi connectivity index (χ0v) is 38.4. The van der Waals surface area contributed by atoms with Crippen LogP contribution in [0.4, 0.5) is 46.3 Å². The third-order valence-electron chi connectivity index (χ3n) is 10.2. The molecule has 360 valence electrons. The Hall–Kier alpha value is -7.98. The van der Waals surface area contributed by atoms with Gasteiger partial charge < -0.3 is 93.2 Å². The first kappa shape index (κ1) is 53.6. The molecule has 2 aliphatic heterocycles. The molecule has 6 rings (SSSR count). The average Bonchev–Trinajstić information content (AvgIpc) is 3.29. The van der Waals surface area contributed by atoms with Gasteiger partial charge in [0.15, 0.2) is 11.4 Å². The van der Waals surface area contributed by atoms with Crippen LogP contribution >= 0.6 is 0 Å². The van der Waals surface area contributed by atoms with E-state index in [-0.39, 0.29) is 98.1 Å². The molecule has 4 amide bonds. The van der Waals surface area contributed by atoms with Crippen LogP contribution in [0, 0.1) is 0 Å². The van der Waals surface area contributed by atoms with E-state index in [9.17, 15) is 63.3 Å². The van der Waals surface area contributed by atoms with Crippen LogP contribution in [-0.2, 0) is 28.8 Å². The molecule has 4 aromatic rings. The van der Waals surface area contributed by atoms with E-state index in [1.165, 1.54) is 34.1 Å². The van der Waals surface area contributed by atoms with E-state index in [4.69, 9.17) is 16.6 Å². The minimum Gasteiger partial charge on any atom is -0.550 e. The molecule has 29 heteroatoms. The number of fused-ring (bicyclic) bond motifs is 2. The largest absolute Gasteiger partial charge is 2.00 e. The fraction of sp³-hybridized carbons (Fsp3) is 0.300. The van der Waals surface area contributed by atoms with Crippen molar-refractivity contribution in [2.75, 3.05) is 68.7 Å². The number of hydrogen-bond donors (Lipinski definition) is 12. The molecule has 14 N–H and O–H groups in total. The number of amides is 4. The first-order chi connectivity index (χ1) is 32.4.